The molecule has 1 atom stereocenters. The lowest BCUT2D eigenvalue weighted by atomic mass is 9.72. The molecule has 1 aromatic carbocycles. The lowest BCUT2D eigenvalue weighted by Gasteiger charge is -2.43. The van der Waals surface area contributed by atoms with Crippen LogP contribution in [0.5, 0.6) is 0 Å². The number of benzene rings is 1. The van der Waals surface area contributed by atoms with Crippen molar-refractivity contribution in [3.8, 4) is 0 Å². The number of thiophene rings is 1. The van der Waals surface area contributed by atoms with Gasteiger partial charge in [-0.25, -0.2) is 14.8 Å². The monoisotopic (exact) mass is 458 g/mol. The number of amides is 1. The second-order valence-corrected chi connectivity index (χ2v) is 9.30. The fourth-order valence-electron chi connectivity index (χ4n) is 4.81. The van der Waals surface area contributed by atoms with Gasteiger partial charge in [0.05, 0.1) is 15.2 Å². The van der Waals surface area contributed by atoms with Gasteiger partial charge in [0, 0.05) is 23.9 Å². The fraction of sp³-hybridized carbons (Fsp3) is 0.350. The lowest BCUT2D eigenvalue weighted by Crippen LogP contribution is -2.47. The topological polar surface area (TPSA) is 78.4 Å². The molecule has 1 aliphatic heterocycles. The molecule has 0 bridgehead atoms. The largest absolute Gasteiger partial charge is 0.465 e. The first-order valence-corrected chi connectivity index (χ1v) is 10.9. The van der Waals surface area contributed by atoms with Crippen molar-refractivity contribution in [3.05, 3.63) is 51.6 Å². The van der Waals surface area contributed by atoms with Crippen molar-refractivity contribution in [1.29, 1.82) is 0 Å². The highest BCUT2D eigenvalue weighted by Crippen LogP contribution is 2.52. The maximum atomic E-state index is 11.5. The van der Waals surface area contributed by atoms with Gasteiger partial charge in [-0.2, -0.15) is 0 Å². The number of aromatic nitrogens is 2. The van der Waals surface area contributed by atoms with Gasteiger partial charge in [-0.05, 0) is 46.3 Å². The van der Waals surface area contributed by atoms with E-state index in [2.05, 4.69) is 53.6 Å². The maximum Gasteiger partial charge on any atom is 0.405 e. The van der Waals surface area contributed by atoms with Crippen LogP contribution in [0.25, 0.3) is 10.2 Å². The normalized spacial score (nSPS) is 20.5. The number of nitrogens with zero attached hydrogens (tertiary/aromatic N) is 3. The molecule has 1 fully saturated rings. The number of carboxylic acid groups (broad SMARTS) is 1. The van der Waals surface area contributed by atoms with Crippen LogP contribution in [0, 0.1) is 5.41 Å². The van der Waals surface area contributed by atoms with E-state index in [0.717, 1.165) is 58.4 Å². The lowest BCUT2D eigenvalue weighted by molar-refractivity contribution is 0.141. The minimum absolute atomic E-state index is 0.0687. The molecule has 2 aromatic heterocycles. The van der Waals surface area contributed by atoms with Gasteiger partial charge in [-0.15, -0.1) is 11.3 Å². The Balaban J connectivity index is 1.44. The predicted molar refractivity (Wildman–Crippen MR) is 113 cm³/mol. The van der Waals surface area contributed by atoms with Gasteiger partial charge in [0.25, 0.3) is 0 Å². The van der Waals surface area contributed by atoms with Gasteiger partial charge in [-0.3, -0.25) is 0 Å². The number of hydrogen-bond donors (Lipinski definition) is 2. The van der Waals surface area contributed by atoms with E-state index < -0.39 is 6.09 Å². The molecule has 3 heterocycles. The number of nitrogens with one attached hydrogen (secondary N) is 1. The standard InChI is InChI=1S/C20H19BrN4O2S/c21-14-10-28-16-15(14)22-11-23-18(16)25-7-5-20(6-8-25)9-12-3-1-2-4-13(12)17(20)24-19(26)27/h1-4,10-11,17,24H,5-9H2,(H,26,27)/t17-/m1/s1. The van der Waals surface area contributed by atoms with Gasteiger partial charge in [0.2, 0.25) is 0 Å². The zero-order valence-electron chi connectivity index (χ0n) is 15.1. The quantitative estimate of drug-likeness (QED) is 0.586. The predicted octanol–water partition coefficient (Wildman–Crippen LogP) is 4.61. The van der Waals surface area contributed by atoms with Crippen LogP contribution in [0.2, 0.25) is 0 Å². The number of carbonyl (C=O) groups is 1. The zero-order chi connectivity index (χ0) is 19.3. The molecule has 28 heavy (non-hydrogen) atoms. The summed E-state index contributed by atoms with van der Waals surface area (Å²) in [5.41, 5.74) is 3.28. The van der Waals surface area contributed by atoms with Crippen molar-refractivity contribution < 1.29 is 9.90 Å². The molecular weight excluding hydrogens is 440 g/mol. The third-order valence-corrected chi connectivity index (χ3v) is 8.01. The molecule has 6 nitrogen and oxygen atoms in total. The molecular formula is C20H19BrN4O2S. The highest BCUT2D eigenvalue weighted by molar-refractivity contribution is 9.10. The molecule has 3 aromatic rings. The van der Waals surface area contributed by atoms with Crippen LogP contribution in [0.4, 0.5) is 10.6 Å². The molecule has 2 aliphatic rings. The van der Waals surface area contributed by atoms with Crippen LogP contribution in [0.3, 0.4) is 0 Å². The van der Waals surface area contributed by atoms with E-state index in [4.69, 9.17) is 0 Å². The van der Waals surface area contributed by atoms with Crippen LogP contribution in [0.15, 0.2) is 40.4 Å². The average Bonchev–Trinajstić information content (AvgIpc) is 3.21. The van der Waals surface area contributed by atoms with E-state index >= 15 is 0 Å². The van der Waals surface area contributed by atoms with E-state index in [1.54, 1.807) is 17.7 Å². The van der Waals surface area contributed by atoms with Crippen LogP contribution in [0.1, 0.15) is 30.0 Å². The molecule has 5 rings (SSSR count). The minimum atomic E-state index is -0.954. The highest BCUT2D eigenvalue weighted by atomic mass is 79.9. The summed E-state index contributed by atoms with van der Waals surface area (Å²) in [4.78, 5) is 22.8. The van der Waals surface area contributed by atoms with E-state index in [1.807, 2.05) is 12.1 Å². The summed E-state index contributed by atoms with van der Waals surface area (Å²) in [6.45, 7) is 1.71. The third kappa shape index (κ3) is 2.78. The van der Waals surface area contributed by atoms with Crippen LogP contribution in [-0.4, -0.2) is 34.3 Å². The maximum absolute atomic E-state index is 11.5. The molecule has 1 amide bonds. The van der Waals surface area contributed by atoms with E-state index in [0.29, 0.717) is 0 Å². The molecule has 0 unspecified atom stereocenters. The Bertz CT molecular complexity index is 1060. The number of anilines is 1. The van der Waals surface area contributed by atoms with Crippen molar-refractivity contribution in [1.82, 2.24) is 15.3 Å². The summed E-state index contributed by atoms with van der Waals surface area (Å²) in [6, 6.07) is 8.08. The summed E-state index contributed by atoms with van der Waals surface area (Å²) < 4.78 is 2.10. The SMILES string of the molecule is O=C(O)N[C@@H]1c2ccccc2CC12CCN(c1ncnc3c(Br)csc13)CC2. The van der Waals surface area contributed by atoms with Crippen LogP contribution in [-0.2, 0) is 6.42 Å². The van der Waals surface area contributed by atoms with E-state index in [-0.39, 0.29) is 11.5 Å². The van der Waals surface area contributed by atoms with Gasteiger partial charge in [0.15, 0.2) is 0 Å². The molecule has 0 saturated carbocycles. The Labute approximate surface area is 174 Å². The van der Waals surface area contributed by atoms with E-state index in [9.17, 15) is 9.90 Å². The molecule has 2 N–H and O–H groups in total. The van der Waals surface area contributed by atoms with Gasteiger partial charge in [-0.1, -0.05) is 24.3 Å². The van der Waals surface area contributed by atoms with Crippen molar-refractivity contribution >= 4 is 49.4 Å². The van der Waals surface area contributed by atoms with Crippen molar-refractivity contribution in [2.24, 2.45) is 5.41 Å². The van der Waals surface area contributed by atoms with Crippen molar-refractivity contribution in [3.63, 3.8) is 0 Å². The Morgan fingerprint density at radius 2 is 2.07 bits per heavy atom. The summed E-state index contributed by atoms with van der Waals surface area (Å²) in [5.74, 6) is 0.980. The summed E-state index contributed by atoms with van der Waals surface area (Å²) in [7, 11) is 0. The smallest absolute Gasteiger partial charge is 0.405 e. The van der Waals surface area contributed by atoms with Crippen LogP contribution < -0.4 is 10.2 Å². The third-order valence-electron chi connectivity index (χ3n) is 6.14. The Morgan fingerprint density at radius 1 is 1.29 bits per heavy atom. The number of piperidine rings is 1. The number of fused-ring (bicyclic) bond motifs is 2. The summed E-state index contributed by atoms with van der Waals surface area (Å²) in [6.07, 6.45) is 3.44. The van der Waals surface area contributed by atoms with Crippen LogP contribution >= 0.6 is 27.3 Å². The second kappa shape index (κ2) is 6.70. The Morgan fingerprint density at radius 3 is 2.86 bits per heavy atom. The summed E-state index contributed by atoms with van der Waals surface area (Å²) >= 11 is 5.21. The summed E-state index contributed by atoms with van der Waals surface area (Å²) in [5, 5.41) is 14.3. The number of hydrogen-bond acceptors (Lipinski definition) is 5. The molecule has 1 saturated heterocycles. The Hall–Kier alpha value is -2.19. The molecule has 8 heteroatoms. The highest BCUT2D eigenvalue weighted by Gasteiger charge is 2.48. The molecule has 1 spiro atoms. The number of halogens is 1. The Kier molecular flexibility index (Phi) is 4.28. The molecule has 144 valence electrons. The van der Waals surface area contributed by atoms with Gasteiger partial charge in [0.1, 0.15) is 17.7 Å². The van der Waals surface area contributed by atoms with Gasteiger partial charge >= 0.3 is 6.09 Å². The first-order chi connectivity index (χ1) is 13.6. The first-order valence-electron chi connectivity index (χ1n) is 9.27. The fourth-order valence-corrected chi connectivity index (χ4v) is 6.41. The van der Waals surface area contributed by atoms with Crippen molar-refractivity contribution in [2.45, 2.75) is 25.3 Å². The zero-order valence-corrected chi connectivity index (χ0v) is 17.5. The molecule has 1 aliphatic carbocycles. The first kappa shape index (κ1) is 17.9. The average molecular weight is 459 g/mol. The number of rotatable bonds is 2. The van der Waals surface area contributed by atoms with Gasteiger partial charge < -0.3 is 15.3 Å². The second-order valence-electron chi connectivity index (χ2n) is 7.57. The minimum Gasteiger partial charge on any atom is -0.465 e. The molecule has 0 radical (unpaired) electrons. The van der Waals surface area contributed by atoms with Crippen molar-refractivity contribution in [2.75, 3.05) is 18.0 Å². The van der Waals surface area contributed by atoms with E-state index in [1.165, 1.54) is 5.56 Å².